The van der Waals surface area contributed by atoms with Crippen LogP contribution in [-0.4, -0.2) is 34.7 Å². The van der Waals surface area contributed by atoms with Crippen LogP contribution < -0.4 is 5.32 Å². The van der Waals surface area contributed by atoms with E-state index in [0.29, 0.717) is 23.7 Å². The monoisotopic (exact) mass is 264 g/mol. The van der Waals surface area contributed by atoms with Gasteiger partial charge in [0.1, 0.15) is 5.60 Å². The number of halogens is 1. The topological polar surface area (TPSA) is 52.6 Å². The number of nitrogens with zero attached hydrogens (tertiary/aromatic N) is 1. The van der Waals surface area contributed by atoms with Crippen LogP contribution in [0.25, 0.3) is 0 Å². The number of urea groups is 1. The lowest BCUT2D eigenvalue weighted by Crippen LogP contribution is -2.37. The summed E-state index contributed by atoms with van der Waals surface area (Å²) < 4.78 is 0. The lowest BCUT2D eigenvalue weighted by Gasteiger charge is -2.19. The van der Waals surface area contributed by atoms with Crippen molar-refractivity contribution in [2.75, 3.05) is 18.4 Å². The zero-order chi connectivity index (χ0) is 13.2. The van der Waals surface area contributed by atoms with E-state index in [2.05, 4.69) is 11.2 Å². The van der Waals surface area contributed by atoms with E-state index < -0.39 is 5.60 Å². The Kier molecular flexibility index (Phi) is 3.46. The molecule has 2 rings (SSSR count). The van der Waals surface area contributed by atoms with Gasteiger partial charge in [0.2, 0.25) is 0 Å². The first kappa shape index (κ1) is 12.7. The van der Waals surface area contributed by atoms with Crippen molar-refractivity contribution in [3.8, 4) is 12.3 Å². The van der Waals surface area contributed by atoms with Crippen LogP contribution in [0.1, 0.15) is 6.42 Å². The highest BCUT2D eigenvalue weighted by Gasteiger charge is 2.36. The zero-order valence-corrected chi connectivity index (χ0v) is 10.4. The van der Waals surface area contributed by atoms with Crippen LogP contribution in [0.15, 0.2) is 24.3 Å². The molecule has 0 spiro atoms. The Morgan fingerprint density at radius 3 is 2.72 bits per heavy atom. The van der Waals surface area contributed by atoms with Gasteiger partial charge in [0, 0.05) is 23.7 Å². The van der Waals surface area contributed by atoms with Crippen molar-refractivity contribution in [1.82, 2.24) is 4.90 Å². The number of carbonyl (C=O) groups is 1. The molecule has 1 aliphatic heterocycles. The Bertz CT molecular complexity index is 495. The van der Waals surface area contributed by atoms with E-state index in [4.69, 9.17) is 18.0 Å². The third kappa shape index (κ3) is 2.76. The van der Waals surface area contributed by atoms with E-state index in [1.165, 1.54) is 4.90 Å². The number of carbonyl (C=O) groups excluding carboxylic acids is 1. The van der Waals surface area contributed by atoms with Crippen LogP contribution in [0.4, 0.5) is 10.5 Å². The molecule has 2 N–H and O–H groups in total. The summed E-state index contributed by atoms with van der Waals surface area (Å²) in [5, 5.41) is 13.2. The van der Waals surface area contributed by atoms with Crippen LogP contribution in [0.2, 0.25) is 5.02 Å². The van der Waals surface area contributed by atoms with Gasteiger partial charge in [-0.1, -0.05) is 17.5 Å². The van der Waals surface area contributed by atoms with E-state index in [1.807, 2.05) is 0 Å². The van der Waals surface area contributed by atoms with E-state index >= 15 is 0 Å². The zero-order valence-electron chi connectivity index (χ0n) is 9.69. The smallest absolute Gasteiger partial charge is 0.321 e. The normalized spacial score (nSPS) is 22.6. The van der Waals surface area contributed by atoms with Gasteiger partial charge in [-0.2, -0.15) is 0 Å². The van der Waals surface area contributed by atoms with Gasteiger partial charge < -0.3 is 15.3 Å². The van der Waals surface area contributed by atoms with Crippen LogP contribution in [0, 0.1) is 12.3 Å². The highest BCUT2D eigenvalue weighted by atomic mass is 35.5. The first-order valence-corrected chi connectivity index (χ1v) is 5.92. The lowest BCUT2D eigenvalue weighted by molar-refractivity contribution is 0.112. The summed E-state index contributed by atoms with van der Waals surface area (Å²) in [5.74, 6) is 2.31. The average molecular weight is 265 g/mol. The molecule has 18 heavy (non-hydrogen) atoms. The van der Waals surface area contributed by atoms with Gasteiger partial charge in [0.15, 0.2) is 0 Å². The van der Waals surface area contributed by atoms with Gasteiger partial charge in [-0.3, -0.25) is 0 Å². The van der Waals surface area contributed by atoms with Crippen molar-refractivity contribution in [3.05, 3.63) is 29.3 Å². The molecule has 4 nitrogen and oxygen atoms in total. The number of rotatable bonds is 1. The summed E-state index contributed by atoms with van der Waals surface area (Å²) in [6, 6.07) is 6.54. The molecule has 1 aromatic carbocycles. The molecule has 0 radical (unpaired) electrons. The summed E-state index contributed by atoms with van der Waals surface area (Å²) in [7, 11) is 0. The quantitative estimate of drug-likeness (QED) is 0.762. The number of likely N-dealkylation sites (tertiary alicyclic amines) is 1. The van der Waals surface area contributed by atoms with Crippen molar-refractivity contribution < 1.29 is 9.90 Å². The third-order valence-corrected chi connectivity index (χ3v) is 3.15. The molecule has 1 aliphatic rings. The van der Waals surface area contributed by atoms with E-state index in [9.17, 15) is 9.90 Å². The van der Waals surface area contributed by atoms with E-state index in [1.54, 1.807) is 24.3 Å². The molecular formula is C13H13ClN2O2. The Morgan fingerprint density at radius 2 is 2.17 bits per heavy atom. The predicted octanol–water partition coefficient (Wildman–Crippen LogP) is 1.94. The van der Waals surface area contributed by atoms with Gasteiger partial charge in [-0.25, -0.2) is 4.79 Å². The fourth-order valence-corrected chi connectivity index (χ4v) is 1.95. The number of aliphatic hydroxyl groups is 1. The van der Waals surface area contributed by atoms with Crippen molar-refractivity contribution in [1.29, 1.82) is 0 Å². The van der Waals surface area contributed by atoms with Gasteiger partial charge >= 0.3 is 6.03 Å². The minimum absolute atomic E-state index is 0.156. The van der Waals surface area contributed by atoms with E-state index in [-0.39, 0.29) is 12.6 Å². The second kappa shape index (κ2) is 4.89. The predicted molar refractivity (Wildman–Crippen MR) is 70.4 cm³/mol. The Hall–Kier alpha value is -1.70. The van der Waals surface area contributed by atoms with Gasteiger partial charge in [0.05, 0.1) is 6.54 Å². The number of nitrogens with one attached hydrogen (secondary N) is 1. The number of hydrogen-bond acceptors (Lipinski definition) is 2. The number of benzene rings is 1. The average Bonchev–Trinajstić information content (AvgIpc) is 2.76. The minimum atomic E-state index is -1.20. The molecule has 94 valence electrons. The number of β-amino-alcohol motifs (C(OH)–C–C–N with tert-alkyl or cyclic N) is 1. The molecule has 0 bridgehead atoms. The maximum Gasteiger partial charge on any atom is 0.321 e. The molecular weight excluding hydrogens is 252 g/mol. The van der Waals surface area contributed by atoms with Crippen molar-refractivity contribution in [2.45, 2.75) is 12.0 Å². The summed E-state index contributed by atoms with van der Waals surface area (Å²) in [5.41, 5.74) is -0.544. The Balaban J connectivity index is 1.98. The lowest BCUT2D eigenvalue weighted by atomic mass is 10.1. The number of terminal acetylenes is 1. The Labute approximate surface area is 111 Å². The molecule has 0 aromatic heterocycles. The first-order valence-electron chi connectivity index (χ1n) is 5.54. The fourth-order valence-electron chi connectivity index (χ4n) is 1.82. The largest absolute Gasteiger partial charge is 0.376 e. The molecule has 0 aliphatic carbocycles. The first-order chi connectivity index (χ1) is 8.52. The third-order valence-electron chi connectivity index (χ3n) is 2.90. The minimum Gasteiger partial charge on any atom is -0.376 e. The number of hydrogen-bond donors (Lipinski definition) is 2. The fraction of sp³-hybridized carbons (Fsp3) is 0.308. The molecule has 5 heteroatoms. The molecule has 0 unspecified atom stereocenters. The summed E-state index contributed by atoms with van der Waals surface area (Å²) in [4.78, 5) is 13.4. The van der Waals surface area contributed by atoms with Gasteiger partial charge in [-0.15, -0.1) is 6.42 Å². The molecule has 0 saturated carbocycles. The molecule has 1 heterocycles. The van der Waals surface area contributed by atoms with Crippen LogP contribution >= 0.6 is 11.6 Å². The van der Waals surface area contributed by atoms with Crippen LogP contribution in [0.3, 0.4) is 0 Å². The number of amides is 2. The summed E-state index contributed by atoms with van der Waals surface area (Å²) >= 11 is 5.75. The SMILES string of the molecule is C#C[C@@]1(O)CCN(C(=O)Nc2ccc(Cl)cc2)C1. The van der Waals surface area contributed by atoms with E-state index in [0.717, 1.165) is 0 Å². The standard InChI is InChI=1S/C13H13ClN2O2/c1-2-13(18)7-8-16(9-13)12(17)15-11-5-3-10(14)4-6-11/h1,3-6,18H,7-9H2,(H,15,17)/t13-/m1/s1. The van der Waals surface area contributed by atoms with Crippen LogP contribution in [0.5, 0.6) is 0 Å². The maximum atomic E-state index is 11.9. The van der Waals surface area contributed by atoms with Crippen molar-refractivity contribution in [3.63, 3.8) is 0 Å². The summed E-state index contributed by atoms with van der Waals surface area (Å²) in [6.07, 6.45) is 5.63. The number of anilines is 1. The van der Waals surface area contributed by atoms with Crippen LogP contribution in [-0.2, 0) is 0 Å². The molecule has 1 fully saturated rings. The summed E-state index contributed by atoms with van der Waals surface area (Å²) in [6.45, 7) is 0.600. The van der Waals surface area contributed by atoms with Crippen molar-refractivity contribution >= 4 is 23.3 Å². The molecule has 2 amide bonds. The second-order valence-corrected chi connectivity index (χ2v) is 4.72. The molecule has 1 atom stereocenters. The van der Waals surface area contributed by atoms with Gasteiger partial charge in [-0.05, 0) is 24.3 Å². The highest BCUT2D eigenvalue weighted by Crippen LogP contribution is 2.21. The Morgan fingerprint density at radius 1 is 1.50 bits per heavy atom. The molecule has 1 saturated heterocycles. The van der Waals surface area contributed by atoms with Gasteiger partial charge in [0.25, 0.3) is 0 Å². The molecule has 1 aromatic rings. The highest BCUT2D eigenvalue weighted by molar-refractivity contribution is 6.30. The maximum absolute atomic E-state index is 11.9. The van der Waals surface area contributed by atoms with Crippen molar-refractivity contribution in [2.24, 2.45) is 0 Å². The second-order valence-electron chi connectivity index (χ2n) is 4.28.